The summed E-state index contributed by atoms with van der Waals surface area (Å²) in [7, 11) is 0. The lowest BCUT2D eigenvalue weighted by atomic mass is 10.2. The van der Waals surface area contributed by atoms with Gasteiger partial charge in [-0.05, 0) is 86.5 Å². The number of carbonyl (C=O) groups excluding carboxylic acids is 3. The van der Waals surface area contributed by atoms with Gasteiger partial charge in [-0.15, -0.1) is 0 Å². The van der Waals surface area contributed by atoms with Crippen LogP contribution in [0.1, 0.15) is 18.1 Å². The Bertz CT molecular complexity index is 1100. The standard InChI is InChI=1S/C21H15Br2Cl2NO5S/c1-2-30-18(27)9-26-20(28)17(32-21(26)29)7-11-5-14(22)19(15(23)6-11)31-10-12-3-4-13(24)8-16(12)25/h3-8H,2,9-10H2,1H3/b17-7-. The Balaban J connectivity index is 1.76. The Labute approximate surface area is 215 Å². The van der Waals surface area contributed by atoms with E-state index >= 15 is 0 Å². The number of nitrogens with zero attached hydrogens (tertiary/aromatic N) is 1. The SMILES string of the molecule is CCOC(=O)CN1C(=O)S/C(=C\c2cc(Br)c(OCc3ccc(Cl)cc3Cl)c(Br)c2)C1=O. The summed E-state index contributed by atoms with van der Waals surface area (Å²) in [6.45, 7) is 1.63. The molecule has 11 heteroatoms. The minimum absolute atomic E-state index is 0.172. The van der Waals surface area contributed by atoms with Gasteiger partial charge in [0.2, 0.25) is 0 Å². The molecule has 0 aromatic heterocycles. The van der Waals surface area contributed by atoms with Crippen molar-refractivity contribution in [1.82, 2.24) is 4.90 Å². The molecular formula is C21H15Br2Cl2NO5S. The first-order valence-corrected chi connectivity index (χ1v) is 12.3. The van der Waals surface area contributed by atoms with Crippen LogP contribution in [0.4, 0.5) is 4.79 Å². The van der Waals surface area contributed by atoms with Crippen molar-refractivity contribution in [2.45, 2.75) is 13.5 Å². The van der Waals surface area contributed by atoms with Gasteiger partial charge in [-0.25, -0.2) is 0 Å². The van der Waals surface area contributed by atoms with Crippen LogP contribution < -0.4 is 4.74 Å². The molecule has 6 nitrogen and oxygen atoms in total. The van der Waals surface area contributed by atoms with Gasteiger partial charge < -0.3 is 9.47 Å². The highest BCUT2D eigenvalue weighted by molar-refractivity contribution is 9.11. The lowest BCUT2D eigenvalue weighted by Gasteiger charge is -2.13. The van der Waals surface area contributed by atoms with Crippen LogP contribution in [-0.2, 0) is 20.9 Å². The zero-order valence-corrected chi connectivity index (χ0v) is 22.0. The average molecular weight is 624 g/mol. The van der Waals surface area contributed by atoms with Gasteiger partial charge in [0.05, 0.1) is 20.5 Å². The van der Waals surface area contributed by atoms with Crippen LogP contribution in [0.5, 0.6) is 5.75 Å². The smallest absolute Gasteiger partial charge is 0.326 e. The van der Waals surface area contributed by atoms with Gasteiger partial charge in [0, 0.05) is 15.6 Å². The predicted octanol–water partition coefficient (Wildman–Crippen LogP) is 6.70. The molecule has 0 atom stereocenters. The summed E-state index contributed by atoms with van der Waals surface area (Å²) in [6.07, 6.45) is 1.57. The summed E-state index contributed by atoms with van der Waals surface area (Å²) in [5.41, 5.74) is 1.43. The lowest BCUT2D eigenvalue weighted by Crippen LogP contribution is -2.34. The highest BCUT2D eigenvalue weighted by atomic mass is 79.9. The number of imide groups is 1. The van der Waals surface area contributed by atoms with Gasteiger partial charge in [0.1, 0.15) is 18.9 Å². The molecular weight excluding hydrogens is 609 g/mol. The van der Waals surface area contributed by atoms with E-state index in [-0.39, 0.29) is 18.1 Å². The Hall–Kier alpha value is -1.52. The largest absolute Gasteiger partial charge is 0.486 e. The zero-order valence-electron chi connectivity index (χ0n) is 16.5. The molecule has 0 N–H and O–H groups in total. The van der Waals surface area contributed by atoms with Gasteiger partial charge >= 0.3 is 5.97 Å². The summed E-state index contributed by atoms with van der Waals surface area (Å²) < 4.78 is 12.0. The highest BCUT2D eigenvalue weighted by Crippen LogP contribution is 2.38. The van der Waals surface area contributed by atoms with Gasteiger partial charge in [-0.1, -0.05) is 29.3 Å². The quantitative estimate of drug-likeness (QED) is 0.253. The molecule has 1 fully saturated rings. The number of hydrogen-bond donors (Lipinski definition) is 0. The summed E-state index contributed by atoms with van der Waals surface area (Å²) in [5.74, 6) is -0.634. The fraction of sp³-hybridized carbons (Fsp3) is 0.190. The van der Waals surface area contributed by atoms with Crippen molar-refractivity contribution >= 4 is 90.0 Å². The second kappa shape index (κ2) is 11.1. The maximum absolute atomic E-state index is 12.6. The van der Waals surface area contributed by atoms with Crippen molar-refractivity contribution in [1.29, 1.82) is 0 Å². The van der Waals surface area contributed by atoms with Crippen molar-refractivity contribution in [3.63, 3.8) is 0 Å². The molecule has 1 saturated heterocycles. The van der Waals surface area contributed by atoms with E-state index in [1.807, 2.05) is 0 Å². The monoisotopic (exact) mass is 621 g/mol. The second-order valence-electron chi connectivity index (χ2n) is 6.41. The lowest BCUT2D eigenvalue weighted by molar-refractivity contribution is -0.145. The number of thioether (sulfide) groups is 1. The number of amides is 2. The van der Waals surface area contributed by atoms with Crippen LogP contribution in [0.25, 0.3) is 6.08 Å². The molecule has 0 bridgehead atoms. The fourth-order valence-electron chi connectivity index (χ4n) is 2.71. The number of ether oxygens (including phenoxy) is 2. The maximum Gasteiger partial charge on any atom is 0.326 e. The summed E-state index contributed by atoms with van der Waals surface area (Å²) in [5, 5.41) is 0.518. The van der Waals surface area contributed by atoms with E-state index in [1.54, 1.807) is 43.3 Å². The third kappa shape index (κ3) is 6.08. The van der Waals surface area contributed by atoms with Crippen LogP contribution in [0.2, 0.25) is 10.0 Å². The molecule has 1 aliphatic heterocycles. The van der Waals surface area contributed by atoms with E-state index in [0.717, 1.165) is 22.2 Å². The Morgan fingerprint density at radius 2 is 1.84 bits per heavy atom. The topological polar surface area (TPSA) is 72.9 Å². The first kappa shape index (κ1) is 25.1. The van der Waals surface area contributed by atoms with Gasteiger partial charge in [0.15, 0.2) is 0 Å². The van der Waals surface area contributed by atoms with E-state index < -0.39 is 23.7 Å². The fourth-order valence-corrected chi connectivity index (χ4v) is 5.46. The van der Waals surface area contributed by atoms with Crippen LogP contribution in [-0.4, -0.2) is 35.2 Å². The van der Waals surface area contributed by atoms with Gasteiger partial charge in [0.25, 0.3) is 11.1 Å². The number of halogens is 4. The van der Waals surface area contributed by atoms with E-state index in [4.69, 9.17) is 32.7 Å². The molecule has 0 aliphatic carbocycles. The van der Waals surface area contributed by atoms with Crippen molar-refractivity contribution in [2.75, 3.05) is 13.2 Å². The third-order valence-corrected chi connectivity index (χ3v) is 6.84. The zero-order chi connectivity index (χ0) is 23.4. The number of benzene rings is 2. The minimum atomic E-state index is -0.635. The molecule has 2 amide bonds. The predicted molar refractivity (Wildman–Crippen MR) is 132 cm³/mol. The van der Waals surface area contributed by atoms with Crippen molar-refractivity contribution in [2.24, 2.45) is 0 Å². The van der Waals surface area contributed by atoms with Gasteiger partial charge in [-0.3, -0.25) is 19.3 Å². The van der Waals surface area contributed by atoms with Crippen LogP contribution >= 0.6 is 66.8 Å². The summed E-state index contributed by atoms with van der Waals surface area (Å²) >= 11 is 19.8. The van der Waals surface area contributed by atoms with E-state index in [0.29, 0.717) is 30.3 Å². The molecule has 0 radical (unpaired) electrons. The maximum atomic E-state index is 12.6. The molecule has 2 aromatic rings. The van der Waals surface area contributed by atoms with Gasteiger partial charge in [-0.2, -0.15) is 0 Å². The van der Waals surface area contributed by atoms with E-state index in [2.05, 4.69) is 31.9 Å². The van der Waals surface area contributed by atoms with Crippen molar-refractivity contribution in [3.8, 4) is 5.75 Å². The van der Waals surface area contributed by atoms with Crippen LogP contribution in [0, 0.1) is 0 Å². The first-order chi connectivity index (χ1) is 15.2. The highest BCUT2D eigenvalue weighted by Gasteiger charge is 2.36. The summed E-state index contributed by atoms with van der Waals surface area (Å²) in [4.78, 5) is 37.4. The number of rotatable bonds is 7. The molecule has 1 aliphatic rings. The average Bonchev–Trinajstić information content (AvgIpc) is 2.96. The second-order valence-corrected chi connectivity index (χ2v) is 9.96. The molecule has 0 saturated carbocycles. The third-order valence-electron chi connectivity index (χ3n) is 4.17. The Morgan fingerprint density at radius 1 is 1.16 bits per heavy atom. The number of carbonyl (C=O) groups is 3. The molecule has 0 unspecified atom stereocenters. The first-order valence-electron chi connectivity index (χ1n) is 9.16. The molecule has 0 spiro atoms. The van der Waals surface area contributed by atoms with Crippen molar-refractivity contribution in [3.05, 3.63) is 65.4 Å². The number of esters is 1. The van der Waals surface area contributed by atoms with E-state index in [9.17, 15) is 14.4 Å². The Kier molecular flexibility index (Phi) is 8.68. The van der Waals surface area contributed by atoms with Crippen LogP contribution in [0.3, 0.4) is 0 Å². The van der Waals surface area contributed by atoms with Crippen LogP contribution in [0.15, 0.2) is 44.2 Å². The Morgan fingerprint density at radius 3 is 2.47 bits per heavy atom. The molecule has 168 valence electrons. The van der Waals surface area contributed by atoms with E-state index in [1.165, 1.54) is 0 Å². The minimum Gasteiger partial charge on any atom is -0.486 e. The molecule has 32 heavy (non-hydrogen) atoms. The molecule has 2 aromatic carbocycles. The number of hydrogen-bond acceptors (Lipinski definition) is 6. The molecule has 1 heterocycles. The molecule has 3 rings (SSSR count). The normalized spacial score (nSPS) is 14.9. The summed E-state index contributed by atoms with van der Waals surface area (Å²) in [6, 6.07) is 8.66. The van der Waals surface area contributed by atoms with Crippen molar-refractivity contribution < 1.29 is 23.9 Å².